The maximum atomic E-state index is 5.53. The number of ether oxygens (including phenoxy) is 2. The van der Waals surface area contributed by atoms with Crippen molar-refractivity contribution in [2.24, 2.45) is 4.99 Å². The molecule has 0 amide bonds. The average molecular weight is 354 g/mol. The first kappa shape index (κ1) is 21.4. The van der Waals surface area contributed by atoms with Gasteiger partial charge in [0.05, 0.1) is 26.4 Å². The topological polar surface area (TPSA) is 85.6 Å². The van der Waals surface area contributed by atoms with Crippen LogP contribution in [0.1, 0.15) is 39.4 Å². The van der Waals surface area contributed by atoms with Gasteiger partial charge in [-0.1, -0.05) is 20.3 Å². The van der Waals surface area contributed by atoms with Crippen molar-refractivity contribution in [2.75, 3.05) is 46.1 Å². The Balaban J connectivity index is 2.16. The van der Waals surface area contributed by atoms with Crippen LogP contribution in [0.25, 0.3) is 0 Å². The van der Waals surface area contributed by atoms with Crippen LogP contribution in [0.4, 0.5) is 0 Å². The number of unbranched alkanes of at least 4 members (excludes halogenated alkanes) is 1. The minimum absolute atomic E-state index is 0.596. The van der Waals surface area contributed by atoms with Crippen molar-refractivity contribution in [1.29, 1.82) is 0 Å². The van der Waals surface area contributed by atoms with E-state index in [1.807, 2.05) is 0 Å². The Kier molecular flexibility index (Phi) is 12.5. The quantitative estimate of drug-likeness (QED) is 0.297. The van der Waals surface area contributed by atoms with E-state index in [-0.39, 0.29) is 0 Å². The standard InChI is InChI=1S/C17H34N6O2/c1-4-7-11-24-13-14-25-12-9-20-17(18-6-3)19-8-10-23-15-21-22-16(23)5-2/h15H,4-14H2,1-3H3,(H2,18,19,20). The molecule has 0 unspecified atom stereocenters. The summed E-state index contributed by atoms with van der Waals surface area (Å²) in [5, 5.41) is 14.6. The summed E-state index contributed by atoms with van der Waals surface area (Å²) in [7, 11) is 0. The molecule has 0 atom stereocenters. The highest BCUT2D eigenvalue weighted by Crippen LogP contribution is 1.94. The molecule has 25 heavy (non-hydrogen) atoms. The summed E-state index contributed by atoms with van der Waals surface area (Å²) in [5.41, 5.74) is 0. The summed E-state index contributed by atoms with van der Waals surface area (Å²) in [6.07, 6.45) is 4.92. The van der Waals surface area contributed by atoms with Crippen molar-refractivity contribution in [3.05, 3.63) is 12.2 Å². The summed E-state index contributed by atoms with van der Waals surface area (Å²) in [6.45, 7) is 12.0. The maximum absolute atomic E-state index is 5.53. The van der Waals surface area contributed by atoms with Crippen LogP contribution in [-0.4, -0.2) is 66.8 Å². The van der Waals surface area contributed by atoms with Crippen molar-refractivity contribution >= 4 is 5.96 Å². The Morgan fingerprint density at radius 3 is 2.64 bits per heavy atom. The molecule has 0 saturated heterocycles. The lowest BCUT2D eigenvalue weighted by molar-refractivity contribution is 0.0497. The predicted octanol–water partition coefficient (Wildman–Crippen LogP) is 1.23. The van der Waals surface area contributed by atoms with E-state index in [2.05, 4.69) is 51.2 Å². The zero-order chi connectivity index (χ0) is 18.2. The smallest absolute Gasteiger partial charge is 0.191 e. The van der Waals surface area contributed by atoms with Crippen LogP contribution in [-0.2, 0) is 22.4 Å². The minimum Gasteiger partial charge on any atom is -0.379 e. The van der Waals surface area contributed by atoms with Gasteiger partial charge in [0.25, 0.3) is 0 Å². The highest BCUT2D eigenvalue weighted by atomic mass is 16.5. The van der Waals surface area contributed by atoms with Crippen molar-refractivity contribution in [2.45, 2.75) is 46.6 Å². The number of nitrogens with one attached hydrogen (secondary N) is 2. The van der Waals surface area contributed by atoms with Gasteiger partial charge >= 0.3 is 0 Å². The second-order valence-corrected chi connectivity index (χ2v) is 5.56. The molecule has 1 heterocycles. The molecule has 0 aliphatic heterocycles. The molecule has 144 valence electrons. The van der Waals surface area contributed by atoms with Gasteiger partial charge in [-0.3, -0.25) is 4.99 Å². The number of aromatic nitrogens is 3. The minimum atomic E-state index is 0.596. The molecule has 0 saturated carbocycles. The van der Waals surface area contributed by atoms with E-state index in [1.54, 1.807) is 6.33 Å². The number of rotatable bonds is 14. The number of nitrogens with zero attached hydrogens (tertiary/aromatic N) is 4. The first-order valence-corrected chi connectivity index (χ1v) is 9.36. The van der Waals surface area contributed by atoms with E-state index < -0.39 is 0 Å². The summed E-state index contributed by atoms with van der Waals surface area (Å²) in [4.78, 5) is 4.51. The molecule has 0 spiro atoms. The fraction of sp³-hybridized carbons (Fsp3) is 0.824. The van der Waals surface area contributed by atoms with Gasteiger partial charge < -0.3 is 24.7 Å². The van der Waals surface area contributed by atoms with Crippen LogP contribution < -0.4 is 10.6 Å². The number of hydrogen-bond donors (Lipinski definition) is 2. The van der Waals surface area contributed by atoms with Crippen molar-refractivity contribution < 1.29 is 9.47 Å². The molecule has 1 rings (SSSR count). The highest BCUT2D eigenvalue weighted by molar-refractivity contribution is 5.79. The zero-order valence-corrected chi connectivity index (χ0v) is 16.0. The van der Waals surface area contributed by atoms with Gasteiger partial charge in [-0.25, -0.2) is 0 Å². The first-order valence-electron chi connectivity index (χ1n) is 9.36. The largest absolute Gasteiger partial charge is 0.379 e. The molecular formula is C17H34N6O2. The number of aryl methyl sites for hydroxylation is 1. The van der Waals surface area contributed by atoms with Crippen LogP contribution in [0.3, 0.4) is 0 Å². The third kappa shape index (κ3) is 10.0. The van der Waals surface area contributed by atoms with E-state index in [0.29, 0.717) is 26.4 Å². The van der Waals surface area contributed by atoms with E-state index in [0.717, 1.165) is 57.3 Å². The average Bonchev–Trinajstić information content (AvgIpc) is 3.07. The van der Waals surface area contributed by atoms with Gasteiger partial charge in [-0.05, 0) is 13.3 Å². The summed E-state index contributed by atoms with van der Waals surface area (Å²) < 4.78 is 13.0. The summed E-state index contributed by atoms with van der Waals surface area (Å²) in [6, 6.07) is 0. The van der Waals surface area contributed by atoms with Crippen LogP contribution in [0.15, 0.2) is 11.3 Å². The first-order chi connectivity index (χ1) is 12.3. The van der Waals surface area contributed by atoms with Gasteiger partial charge in [-0.15, -0.1) is 10.2 Å². The molecule has 8 nitrogen and oxygen atoms in total. The van der Waals surface area contributed by atoms with Crippen molar-refractivity contribution in [3.63, 3.8) is 0 Å². The van der Waals surface area contributed by atoms with E-state index >= 15 is 0 Å². The molecule has 8 heteroatoms. The van der Waals surface area contributed by atoms with E-state index in [1.165, 1.54) is 0 Å². The van der Waals surface area contributed by atoms with Crippen LogP contribution in [0.2, 0.25) is 0 Å². The van der Waals surface area contributed by atoms with Gasteiger partial charge in [0, 0.05) is 32.7 Å². The Labute approximate surface area is 151 Å². The monoisotopic (exact) mass is 354 g/mol. The van der Waals surface area contributed by atoms with Crippen molar-refractivity contribution in [1.82, 2.24) is 25.4 Å². The second-order valence-electron chi connectivity index (χ2n) is 5.56. The SMILES string of the molecule is CCCCOCCOCCN=C(NCC)NCCn1cnnc1CC. The van der Waals surface area contributed by atoms with Crippen LogP contribution in [0.5, 0.6) is 0 Å². The second kappa shape index (κ2) is 14.7. The molecular weight excluding hydrogens is 320 g/mol. The summed E-state index contributed by atoms with van der Waals surface area (Å²) >= 11 is 0. The number of guanidine groups is 1. The number of aliphatic imine (C=N–C) groups is 1. The molecule has 0 aromatic carbocycles. The fourth-order valence-electron chi connectivity index (χ4n) is 2.17. The van der Waals surface area contributed by atoms with E-state index in [9.17, 15) is 0 Å². The van der Waals surface area contributed by atoms with Gasteiger partial charge in [0.2, 0.25) is 0 Å². The fourth-order valence-corrected chi connectivity index (χ4v) is 2.17. The van der Waals surface area contributed by atoms with Crippen molar-refractivity contribution in [3.8, 4) is 0 Å². The molecule has 1 aromatic heterocycles. The molecule has 0 radical (unpaired) electrons. The Morgan fingerprint density at radius 1 is 1.12 bits per heavy atom. The maximum Gasteiger partial charge on any atom is 0.191 e. The van der Waals surface area contributed by atoms with Crippen LogP contribution >= 0.6 is 0 Å². The van der Waals surface area contributed by atoms with Gasteiger partial charge in [0.15, 0.2) is 5.96 Å². The zero-order valence-electron chi connectivity index (χ0n) is 16.0. The molecule has 0 aliphatic carbocycles. The van der Waals surface area contributed by atoms with Gasteiger partial charge in [-0.2, -0.15) is 0 Å². The third-order valence-corrected chi connectivity index (χ3v) is 3.52. The third-order valence-electron chi connectivity index (χ3n) is 3.52. The molecule has 2 N–H and O–H groups in total. The Hall–Kier alpha value is -1.67. The normalized spacial score (nSPS) is 11.7. The van der Waals surface area contributed by atoms with Crippen LogP contribution in [0, 0.1) is 0 Å². The Morgan fingerprint density at radius 2 is 1.92 bits per heavy atom. The van der Waals surface area contributed by atoms with E-state index in [4.69, 9.17) is 9.47 Å². The molecule has 1 aromatic rings. The number of hydrogen-bond acceptors (Lipinski definition) is 5. The summed E-state index contributed by atoms with van der Waals surface area (Å²) in [5.74, 6) is 1.80. The molecule has 0 bridgehead atoms. The Bertz CT molecular complexity index is 464. The lowest BCUT2D eigenvalue weighted by Gasteiger charge is -2.12. The highest BCUT2D eigenvalue weighted by Gasteiger charge is 2.02. The van der Waals surface area contributed by atoms with Gasteiger partial charge in [0.1, 0.15) is 12.2 Å². The molecule has 0 fully saturated rings. The molecule has 0 aliphatic rings. The lowest BCUT2D eigenvalue weighted by Crippen LogP contribution is -2.39. The lowest BCUT2D eigenvalue weighted by atomic mass is 10.4. The predicted molar refractivity (Wildman–Crippen MR) is 99.9 cm³/mol.